The minimum atomic E-state index is -0.893. The van der Waals surface area contributed by atoms with Gasteiger partial charge in [0.2, 0.25) is 11.8 Å². The number of amides is 5. The molecule has 1 saturated heterocycles. The number of rotatable bonds is 6. The van der Waals surface area contributed by atoms with Crippen molar-refractivity contribution in [2.75, 3.05) is 22.1 Å². The van der Waals surface area contributed by atoms with Crippen molar-refractivity contribution in [3.8, 4) is 0 Å². The van der Waals surface area contributed by atoms with Crippen LogP contribution < -0.4 is 20.9 Å². The average molecular weight is 498 g/mol. The number of nitrogens with one attached hydrogen (secondary N) is 3. The summed E-state index contributed by atoms with van der Waals surface area (Å²) in [6.07, 6.45) is 0.770. The number of para-hydroxylation sites is 2. The molecule has 5 amide bonds. The molecule has 0 bridgehead atoms. The van der Waals surface area contributed by atoms with Gasteiger partial charge in [0.25, 0.3) is 5.91 Å². The van der Waals surface area contributed by atoms with Gasteiger partial charge >= 0.3 is 6.03 Å². The van der Waals surface area contributed by atoms with Gasteiger partial charge in [0.15, 0.2) is 0 Å². The molecule has 2 aliphatic rings. The number of nitrogens with zero attached hydrogens (tertiary/aromatic N) is 2. The van der Waals surface area contributed by atoms with E-state index in [1.54, 1.807) is 59.5 Å². The first-order chi connectivity index (χ1) is 17.8. The standard InChI is InChI=1S/C28H27N5O4/c1-28-15-14-25(35)33(28)23-13-6-5-12-22(23)26(36)32(28)18-24(34)29-17-19-8-7-11-21(16-19)31-27(37)30-20-9-3-2-4-10-20/h2-13,16H,14-15,17-18H2,1H3,(H,29,34)(H2,30,31,37). The van der Waals surface area contributed by atoms with Crippen LogP contribution in [-0.4, -0.2) is 40.9 Å². The van der Waals surface area contributed by atoms with E-state index in [0.29, 0.717) is 35.5 Å². The summed E-state index contributed by atoms with van der Waals surface area (Å²) in [6, 6.07) is 22.9. The first kappa shape index (κ1) is 24.1. The molecule has 2 heterocycles. The molecule has 3 aromatic carbocycles. The van der Waals surface area contributed by atoms with Gasteiger partial charge in [-0.2, -0.15) is 0 Å². The van der Waals surface area contributed by atoms with Crippen LogP contribution in [0.1, 0.15) is 35.7 Å². The number of benzene rings is 3. The van der Waals surface area contributed by atoms with E-state index in [9.17, 15) is 19.2 Å². The number of hydrogen-bond donors (Lipinski definition) is 3. The maximum Gasteiger partial charge on any atom is 0.323 e. The minimum Gasteiger partial charge on any atom is -0.350 e. The highest BCUT2D eigenvalue weighted by Crippen LogP contribution is 2.43. The second-order valence-electron chi connectivity index (χ2n) is 9.28. The molecule has 2 aliphatic heterocycles. The van der Waals surface area contributed by atoms with Gasteiger partial charge in [-0.3, -0.25) is 19.3 Å². The quantitative estimate of drug-likeness (QED) is 0.479. The van der Waals surface area contributed by atoms with E-state index < -0.39 is 5.66 Å². The Morgan fingerprint density at radius 2 is 1.59 bits per heavy atom. The van der Waals surface area contributed by atoms with Gasteiger partial charge in [0.1, 0.15) is 12.2 Å². The van der Waals surface area contributed by atoms with Gasteiger partial charge in [0, 0.05) is 24.3 Å². The Bertz CT molecular complexity index is 1380. The summed E-state index contributed by atoms with van der Waals surface area (Å²) in [5, 5.41) is 8.39. The first-order valence-corrected chi connectivity index (χ1v) is 12.1. The third kappa shape index (κ3) is 4.75. The van der Waals surface area contributed by atoms with Gasteiger partial charge in [0.05, 0.1) is 11.3 Å². The van der Waals surface area contributed by atoms with Crippen molar-refractivity contribution in [3.63, 3.8) is 0 Å². The summed E-state index contributed by atoms with van der Waals surface area (Å²) in [6.45, 7) is 1.87. The molecule has 37 heavy (non-hydrogen) atoms. The van der Waals surface area contributed by atoms with Crippen molar-refractivity contribution in [1.82, 2.24) is 10.2 Å². The Balaban J connectivity index is 1.23. The number of hydrogen-bond acceptors (Lipinski definition) is 4. The van der Waals surface area contributed by atoms with Crippen LogP contribution in [0.2, 0.25) is 0 Å². The summed E-state index contributed by atoms with van der Waals surface area (Å²) in [4.78, 5) is 54.4. The van der Waals surface area contributed by atoms with Crippen LogP contribution in [0.25, 0.3) is 0 Å². The van der Waals surface area contributed by atoms with Gasteiger partial charge in [-0.25, -0.2) is 4.79 Å². The third-order valence-corrected chi connectivity index (χ3v) is 6.75. The highest BCUT2D eigenvalue weighted by atomic mass is 16.2. The van der Waals surface area contributed by atoms with Crippen molar-refractivity contribution in [3.05, 3.63) is 90.0 Å². The molecule has 0 aliphatic carbocycles. The molecule has 3 aromatic rings. The van der Waals surface area contributed by atoms with E-state index in [-0.39, 0.29) is 36.8 Å². The van der Waals surface area contributed by atoms with Crippen LogP contribution in [0.3, 0.4) is 0 Å². The molecule has 1 atom stereocenters. The Morgan fingerprint density at radius 1 is 0.892 bits per heavy atom. The van der Waals surface area contributed by atoms with Crippen LogP contribution in [0, 0.1) is 0 Å². The van der Waals surface area contributed by atoms with E-state index in [1.807, 2.05) is 31.2 Å². The molecule has 188 valence electrons. The predicted molar refractivity (Wildman–Crippen MR) is 140 cm³/mol. The average Bonchev–Trinajstić information content (AvgIpc) is 3.21. The fourth-order valence-electron chi connectivity index (χ4n) is 4.92. The summed E-state index contributed by atoms with van der Waals surface area (Å²) in [5.74, 6) is -0.670. The highest BCUT2D eigenvalue weighted by molar-refractivity contribution is 6.11. The fourth-order valence-corrected chi connectivity index (χ4v) is 4.92. The van der Waals surface area contributed by atoms with Crippen molar-refractivity contribution in [1.29, 1.82) is 0 Å². The Hall–Kier alpha value is -4.66. The van der Waals surface area contributed by atoms with Crippen LogP contribution in [0.15, 0.2) is 78.9 Å². The smallest absolute Gasteiger partial charge is 0.323 e. The highest BCUT2D eigenvalue weighted by Gasteiger charge is 2.53. The zero-order valence-corrected chi connectivity index (χ0v) is 20.4. The van der Waals surface area contributed by atoms with Crippen LogP contribution in [0.4, 0.5) is 21.9 Å². The lowest BCUT2D eigenvalue weighted by atomic mass is 9.98. The summed E-state index contributed by atoms with van der Waals surface area (Å²) >= 11 is 0. The van der Waals surface area contributed by atoms with Crippen molar-refractivity contribution < 1.29 is 19.2 Å². The zero-order chi connectivity index (χ0) is 26.0. The van der Waals surface area contributed by atoms with E-state index >= 15 is 0 Å². The van der Waals surface area contributed by atoms with Gasteiger partial charge in [-0.15, -0.1) is 0 Å². The SMILES string of the molecule is CC12CCC(=O)N1c1ccccc1C(=O)N2CC(=O)NCc1cccc(NC(=O)Nc2ccccc2)c1. The molecule has 5 rings (SSSR count). The van der Waals surface area contributed by atoms with Crippen molar-refractivity contribution >= 4 is 40.8 Å². The molecule has 1 unspecified atom stereocenters. The largest absolute Gasteiger partial charge is 0.350 e. The first-order valence-electron chi connectivity index (χ1n) is 12.1. The molecule has 0 radical (unpaired) electrons. The lowest BCUT2D eigenvalue weighted by Gasteiger charge is -2.48. The van der Waals surface area contributed by atoms with Gasteiger partial charge in [-0.05, 0) is 55.3 Å². The normalized spacial score (nSPS) is 18.2. The predicted octanol–water partition coefficient (Wildman–Crippen LogP) is 3.95. The Morgan fingerprint density at radius 3 is 2.41 bits per heavy atom. The Kier molecular flexibility index (Phi) is 6.35. The molecule has 1 fully saturated rings. The van der Waals surface area contributed by atoms with Crippen molar-refractivity contribution in [2.24, 2.45) is 0 Å². The summed E-state index contributed by atoms with van der Waals surface area (Å²) in [5.41, 5.74) is 2.15. The topological polar surface area (TPSA) is 111 Å². The van der Waals surface area contributed by atoms with Crippen LogP contribution in [-0.2, 0) is 16.1 Å². The lowest BCUT2D eigenvalue weighted by Crippen LogP contribution is -2.63. The minimum absolute atomic E-state index is 0.0616. The fraction of sp³-hybridized carbons (Fsp3) is 0.214. The number of anilines is 3. The number of carbonyl (C=O) groups is 4. The molecule has 0 spiro atoms. The van der Waals surface area contributed by atoms with E-state index in [2.05, 4.69) is 16.0 Å². The van der Waals surface area contributed by atoms with E-state index in [0.717, 1.165) is 5.56 Å². The van der Waals surface area contributed by atoms with E-state index in [4.69, 9.17) is 0 Å². The molecule has 9 nitrogen and oxygen atoms in total. The molecular formula is C28H27N5O4. The summed E-state index contributed by atoms with van der Waals surface area (Å²) < 4.78 is 0. The Labute approximate surface area is 214 Å². The van der Waals surface area contributed by atoms with Crippen molar-refractivity contribution in [2.45, 2.75) is 32.0 Å². The molecule has 9 heteroatoms. The zero-order valence-electron chi connectivity index (χ0n) is 20.4. The monoisotopic (exact) mass is 497 g/mol. The van der Waals surface area contributed by atoms with Gasteiger partial charge < -0.3 is 20.9 Å². The second-order valence-corrected chi connectivity index (χ2v) is 9.28. The third-order valence-electron chi connectivity index (χ3n) is 6.75. The maximum absolute atomic E-state index is 13.3. The number of urea groups is 1. The number of carbonyl (C=O) groups excluding carboxylic acids is 4. The van der Waals surface area contributed by atoms with E-state index in [1.165, 1.54) is 4.90 Å². The molecule has 3 N–H and O–H groups in total. The molecular weight excluding hydrogens is 470 g/mol. The maximum atomic E-state index is 13.3. The van der Waals surface area contributed by atoms with Crippen LogP contribution >= 0.6 is 0 Å². The molecule has 0 saturated carbocycles. The lowest BCUT2D eigenvalue weighted by molar-refractivity contribution is -0.124. The summed E-state index contributed by atoms with van der Waals surface area (Å²) in [7, 11) is 0. The van der Waals surface area contributed by atoms with Gasteiger partial charge in [-0.1, -0.05) is 42.5 Å². The second kappa shape index (κ2) is 9.77. The van der Waals surface area contributed by atoms with Crippen LogP contribution in [0.5, 0.6) is 0 Å². The molecule has 0 aromatic heterocycles. The number of fused-ring (bicyclic) bond motifs is 3.